The monoisotopic (exact) mass is 471 g/mol. The highest BCUT2D eigenvalue weighted by molar-refractivity contribution is 9.10. The molecule has 29 heavy (non-hydrogen) atoms. The van der Waals surface area contributed by atoms with E-state index in [0.29, 0.717) is 5.69 Å². The average molecular weight is 472 g/mol. The Labute approximate surface area is 175 Å². The van der Waals surface area contributed by atoms with Crippen molar-refractivity contribution in [1.82, 2.24) is 15.0 Å². The fourth-order valence-electron chi connectivity index (χ4n) is 2.34. The highest BCUT2D eigenvalue weighted by Gasteiger charge is 2.11. The summed E-state index contributed by atoms with van der Waals surface area (Å²) >= 11 is 3.38. The van der Waals surface area contributed by atoms with E-state index >= 15 is 0 Å². The molecule has 1 aromatic heterocycles. The Hall–Kier alpha value is -3.33. The Kier molecular flexibility index (Phi) is 5.88. The van der Waals surface area contributed by atoms with E-state index in [4.69, 9.17) is 10.9 Å². The van der Waals surface area contributed by atoms with Crippen molar-refractivity contribution < 1.29 is 8.42 Å². The number of nitriles is 1. The van der Waals surface area contributed by atoms with Crippen molar-refractivity contribution in [2.24, 2.45) is 5.14 Å². The lowest BCUT2D eigenvalue weighted by molar-refractivity contribution is 0.598. The molecule has 5 N–H and O–H groups in total. The molecule has 0 radical (unpaired) electrons. The summed E-state index contributed by atoms with van der Waals surface area (Å²) in [6.07, 6.45) is 1.63. The maximum atomic E-state index is 11.3. The van der Waals surface area contributed by atoms with Gasteiger partial charge in [0.25, 0.3) is 0 Å². The van der Waals surface area contributed by atoms with Crippen LogP contribution >= 0.6 is 15.9 Å². The van der Waals surface area contributed by atoms with Crippen molar-refractivity contribution >= 4 is 55.2 Å². The van der Waals surface area contributed by atoms with Crippen LogP contribution in [0.1, 0.15) is 11.4 Å². The number of aromatic nitrogens is 3. The number of nitrogens with zero attached hydrogens (tertiary/aromatic N) is 4. The van der Waals surface area contributed by atoms with Crippen LogP contribution in [0.5, 0.6) is 0 Å². The van der Waals surface area contributed by atoms with E-state index in [-0.39, 0.29) is 28.2 Å². The third-order valence-electron chi connectivity index (χ3n) is 3.61. The van der Waals surface area contributed by atoms with Gasteiger partial charge in [0, 0.05) is 10.2 Å². The lowest BCUT2D eigenvalue weighted by atomic mass is 10.1. The number of allylic oxidation sites excluding steroid dienone is 1. The Bertz CT molecular complexity index is 1240. The number of nitrogens with two attached hydrogens (primary N) is 2. The number of rotatable bonds is 5. The second kappa shape index (κ2) is 8.36. The molecule has 0 bridgehead atoms. The van der Waals surface area contributed by atoms with Gasteiger partial charge < -0.3 is 11.1 Å². The van der Waals surface area contributed by atoms with E-state index in [2.05, 4.69) is 42.3 Å². The predicted octanol–water partition coefficient (Wildman–Crippen LogP) is 2.67. The summed E-state index contributed by atoms with van der Waals surface area (Å²) in [7, 11) is -3.79. The van der Waals surface area contributed by atoms with Crippen LogP contribution in [0.3, 0.4) is 0 Å². The van der Waals surface area contributed by atoms with E-state index in [1.807, 2.05) is 24.3 Å². The molecular formula is C18H14BrN7O2S. The number of primary sulfonamides is 1. The van der Waals surface area contributed by atoms with E-state index < -0.39 is 10.0 Å². The molecule has 0 saturated carbocycles. The Morgan fingerprint density at radius 3 is 2.48 bits per heavy atom. The van der Waals surface area contributed by atoms with Gasteiger partial charge in [-0.3, -0.25) is 0 Å². The number of benzene rings is 2. The zero-order valence-electron chi connectivity index (χ0n) is 14.7. The molecule has 0 spiro atoms. The minimum absolute atomic E-state index is 0.0254. The van der Waals surface area contributed by atoms with Gasteiger partial charge in [-0.05, 0) is 48.0 Å². The van der Waals surface area contributed by atoms with Crippen molar-refractivity contribution in [3.8, 4) is 6.07 Å². The Morgan fingerprint density at radius 1 is 1.14 bits per heavy atom. The summed E-state index contributed by atoms with van der Waals surface area (Å²) in [5.74, 6) is 0.129. The first-order valence-electron chi connectivity index (χ1n) is 8.04. The average Bonchev–Trinajstić information content (AvgIpc) is 2.65. The quantitative estimate of drug-likeness (QED) is 0.478. The molecule has 0 fully saturated rings. The van der Waals surface area contributed by atoms with Crippen LogP contribution in [-0.4, -0.2) is 23.4 Å². The molecular weight excluding hydrogens is 458 g/mol. The summed E-state index contributed by atoms with van der Waals surface area (Å²) in [5.41, 5.74) is 7.24. The number of hydrogen-bond acceptors (Lipinski definition) is 8. The molecule has 3 rings (SSSR count). The molecule has 0 unspecified atom stereocenters. The largest absolute Gasteiger partial charge is 0.368 e. The van der Waals surface area contributed by atoms with Crippen LogP contribution in [0.4, 0.5) is 17.6 Å². The molecule has 11 heteroatoms. The van der Waals surface area contributed by atoms with Gasteiger partial charge >= 0.3 is 0 Å². The number of sulfonamides is 1. The van der Waals surface area contributed by atoms with E-state index in [1.165, 1.54) is 24.3 Å². The first kappa shape index (κ1) is 20.4. The molecule has 2 aromatic carbocycles. The number of nitrogen functional groups attached to an aromatic ring is 1. The molecule has 0 aliphatic carbocycles. The zero-order chi connectivity index (χ0) is 21.0. The SMILES string of the molecule is N#C/C(=C\c1cccc(Br)c1)c1nc(N)nc(Nc2ccc(S(N)(=O)=O)cc2)n1. The molecule has 0 amide bonds. The lowest BCUT2D eigenvalue weighted by Gasteiger charge is -2.08. The first-order valence-corrected chi connectivity index (χ1v) is 10.4. The van der Waals surface area contributed by atoms with Crippen LogP contribution in [0.15, 0.2) is 57.9 Å². The third-order valence-corrected chi connectivity index (χ3v) is 5.04. The minimum atomic E-state index is -3.79. The van der Waals surface area contributed by atoms with Crippen LogP contribution in [0.2, 0.25) is 0 Å². The molecule has 0 aliphatic heterocycles. The molecule has 146 valence electrons. The lowest BCUT2D eigenvalue weighted by Crippen LogP contribution is -2.12. The molecule has 0 saturated heterocycles. The van der Waals surface area contributed by atoms with Gasteiger partial charge in [0.15, 0.2) is 5.82 Å². The first-order chi connectivity index (χ1) is 13.7. The van der Waals surface area contributed by atoms with Crippen LogP contribution in [0, 0.1) is 11.3 Å². The van der Waals surface area contributed by atoms with Crippen LogP contribution < -0.4 is 16.2 Å². The molecule has 1 heterocycles. The molecule has 3 aromatic rings. The van der Waals surface area contributed by atoms with Gasteiger partial charge in [0.05, 0.1) is 10.5 Å². The van der Waals surface area contributed by atoms with Crippen molar-refractivity contribution in [2.45, 2.75) is 4.90 Å². The number of nitrogens with one attached hydrogen (secondary N) is 1. The van der Waals surface area contributed by atoms with Crippen LogP contribution in [0.25, 0.3) is 11.6 Å². The second-order valence-electron chi connectivity index (χ2n) is 5.76. The second-order valence-corrected chi connectivity index (χ2v) is 8.24. The fraction of sp³-hybridized carbons (Fsp3) is 0. The van der Waals surface area contributed by atoms with Crippen molar-refractivity contribution in [3.63, 3.8) is 0 Å². The standard InChI is InChI=1S/C18H14BrN7O2S/c19-13-3-1-2-11(9-13)8-12(10-20)16-24-17(21)26-18(25-16)23-14-4-6-15(7-5-14)29(22,27)28/h1-9H,(H2,22,27,28)(H3,21,23,24,25,26)/b12-8+. The van der Waals surface area contributed by atoms with E-state index in [0.717, 1.165) is 10.0 Å². The van der Waals surface area contributed by atoms with Gasteiger partial charge in [-0.1, -0.05) is 28.1 Å². The molecule has 0 atom stereocenters. The third kappa shape index (κ3) is 5.35. The molecule has 0 aliphatic rings. The molecule has 9 nitrogen and oxygen atoms in total. The Balaban J connectivity index is 1.92. The fourth-order valence-corrected chi connectivity index (χ4v) is 3.27. The predicted molar refractivity (Wildman–Crippen MR) is 113 cm³/mol. The summed E-state index contributed by atoms with van der Waals surface area (Å²) in [6, 6.07) is 15.1. The summed E-state index contributed by atoms with van der Waals surface area (Å²) in [5, 5.41) is 17.5. The summed E-state index contributed by atoms with van der Waals surface area (Å²) in [6.45, 7) is 0. The summed E-state index contributed by atoms with van der Waals surface area (Å²) < 4.78 is 23.5. The van der Waals surface area contributed by atoms with Crippen LogP contribution in [-0.2, 0) is 10.0 Å². The topological polar surface area (TPSA) is 161 Å². The van der Waals surface area contributed by atoms with E-state index in [9.17, 15) is 13.7 Å². The Morgan fingerprint density at radius 2 is 1.86 bits per heavy atom. The summed E-state index contributed by atoms with van der Waals surface area (Å²) in [4.78, 5) is 12.2. The van der Waals surface area contributed by atoms with Gasteiger partial charge in [0.1, 0.15) is 6.07 Å². The number of anilines is 3. The van der Waals surface area contributed by atoms with Gasteiger partial charge in [-0.2, -0.15) is 20.2 Å². The van der Waals surface area contributed by atoms with Gasteiger partial charge in [0.2, 0.25) is 21.9 Å². The highest BCUT2D eigenvalue weighted by atomic mass is 79.9. The number of hydrogen-bond donors (Lipinski definition) is 3. The maximum absolute atomic E-state index is 11.3. The number of halogens is 1. The normalized spacial score (nSPS) is 11.7. The minimum Gasteiger partial charge on any atom is -0.368 e. The smallest absolute Gasteiger partial charge is 0.238 e. The van der Waals surface area contributed by atoms with Crippen molar-refractivity contribution in [1.29, 1.82) is 5.26 Å². The zero-order valence-corrected chi connectivity index (χ0v) is 17.1. The maximum Gasteiger partial charge on any atom is 0.238 e. The van der Waals surface area contributed by atoms with Gasteiger partial charge in [-0.15, -0.1) is 0 Å². The van der Waals surface area contributed by atoms with Crippen molar-refractivity contribution in [2.75, 3.05) is 11.1 Å². The highest BCUT2D eigenvalue weighted by Crippen LogP contribution is 2.21. The van der Waals surface area contributed by atoms with E-state index in [1.54, 1.807) is 6.08 Å². The van der Waals surface area contributed by atoms with Gasteiger partial charge in [-0.25, -0.2) is 13.6 Å². The van der Waals surface area contributed by atoms with Crippen molar-refractivity contribution in [3.05, 3.63) is 64.4 Å².